The first-order valence-electron chi connectivity index (χ1n) is 12.5. The Hall–Kier alpha value is -4.92. The molecule has 0 saturated carbocycles. The number of anilines is 1. The number of carbonyl (C=O) groups excluding carboxylic acids is 1. The summed E-state index contributed by atoms with van der Waals surface area (Å²) in [6.07, 6.45) is -0.142. The third kappa shape index (κ3) is 6.51. The van der Waals surface area contributed by atoms with Gasteiger partial charge >= 0.3 is 0 Å². The highest BCUT2D eigenvalue weighted by molar-refractivity contribution is 5.95. The van der Waals surface area contributed by atoms with Crippen LogP contribution in [-0.2, 0) is 17.8 Å². The number of aromatic nitrogens is 1. The van der Waals surface area contributed by atoms with Crippen molar-refractivity contribution >= 4 is 17.4 Å². The number of hydrogen-bond donors (Lipinski definition) is 5. The highest BCUT2D eigenvalue weighted by Gasteiger charge is 2.18. The maximum atomic E-state index is 13.6. The lowest BCUT2D eigenvalue weighted by Crippen LogP contribution is -2.30. The van der Waals surface area contributed by atoms with Gasteiger partial charge < -0.3 is 22.0 Å². The molecule has 9 heteroatoms. The molecule has 3 aromatic carbocycles. The molecule has 0 aliphatic heterocycles. The fourth-order valence-electron chi connectivity index (χ4n) is 4.24. The van der Waals surface area contributed by atoms with Crippen molar-refractivity contribution in [3.63, 3.8) is 0 Å². The van der Waals surface area contributed by atoms with Crippen LogP contribution in [0.2, 0.25) is 0 Å². The Morgan fingerprint density at radius 2 is 1.67 bits per heavy atom. The first-order valence-corrected chi connectivity index (χ1v) is 12.5. The van der Waals surface area contributed by atoms with E-state index in [9.17, 15) is 14.4 Å². The van der Waals surface area contributed by atoms with Crippen LogP contribution < -0.4 is 22.3 Å². The topological polar surface area (TPSA) is 143 Å². The molecule has 0 radical (unpaired) electrons. The zero-order chi connectivity index (χ0) is 28.1. The van der Waals surface area contributed by atoms with E-state index in [1.165, 1.54) is 12.1 Å². The number of benzene rings is 3. The van der Waals surface area contributed by atoms with Crippen molar-refractivity contribution < 1.29 is 14.4 Å². The van der Waals surface area contributed by atoms with Crippen LogP contribution in [-0.4, -0.2) is 27.7 Å². The summed E-state index contributed by atoms with van der Waals surface area (Å²) in [5, 5.41) is 21.6. The van der Waals surface area contributed by atoms with E-state index in [-0.39, 0.29) is 36.6 Å². The minimum absolute atomic E-state index is 0.0288. The van der Waals surface area contributed by atoms with E-state index in [1.807, 2.05) is 19.9 Å². The molecular weight excluding hydrogens is 495 g/mol. The van der Waals surface area contributed by atoms with Crippen molar-refractivity contribution in [2.24, 2.45) is 10.7 Å². The second kappa shape index (κ2) is 11.6. The summed E-state index contributed by atoms with van der Waals surface area (Å²) >= 11 is 0. The van der Waals surface area contributed by atoms with E-state index in [1.54, 1.807) is 60.7 Å². The number of amidine groups is 1. The van der Waals surface area contributed by atoms with Gasteiger partial charge in [-0.1, -0.05) is 42.5 Å². The average molecular weight is 527 g/mol. The van der Waals surface area contributed by atoms with Crippen molar-refractivity contribution in [1.82, 2.24) is 10.0 Å². The largest absolute Gasteiger partial charge is 0.427 e. The number of carbonyl (C=O) groups is 1. The minimum Gasteiger partial charge on any atom is -0.427 e. The standard InChI is InChI=1S/C30H31FN6O2/c1-18(2)36-28-14-13-25(26-15-23(32)11-12-24(26)20-7-9-22(31)10-8-20)27(37(28)39)16-29(38)35-17-19-3-5-21(6-4-19)30(33)34/h3-15,18,39H,16-17,32H2,1-2H3,(H3,33,34)(H,35,38). The predicted molar refractivity (Wildman–Crippen MR) is 151 cm³/mol. The predicted octanol–water partition coefficient (Wildman–Crippen LogP) is 4.23. The van der Waals surface area contributed by atoms with Crippen LogP contribution >= 0.6 is 0 Å². The molecule has 1 heterocycles. The number of hydrogen-bond acceptors (Lipinski definition) is 5. The second-order valence-corrected chi connectivity index (χ2v) is 9.46. The molecule has 8 nitrogen and oxygen atoms in total. The number of pyridine rings is 1. The third-order valence-corrected chi connectivity index (χ3v) is 6.14. The summed E-state index contributed by atoms with van der Waals surface area (Å²) in [5.41, 5.74) is 17.0. The van der Waals surface area contributed by atoms with Crippen LogP contribution in [0.5, 0.6) is 0 Å². The number of nitrogen functional groups attached to an aromatic ring is 2. The van der Waals surface area contributed by atoms with Crippen molar-refractivity contribution in [3.8, 4) is 22.3 Å². The van der Waals surface area contributed by atoms with Gasteiger partial charge in [0.05, 0.1) is 12.1 Å². The van der Waals surface area contributed by atoms with E-state index < -0.39 is 0 Å². The second-order valence-electron chi connectivity index (χ2n) is 9.46. The molecule has 0 saturated heterocycles. The van der Waals surface area contributed by atoms with E-state index in [0.717, 1.165) is 21.4 Å². The molecule has 0 spiro atoms. The van der Waals surface area contributed by atoms with Crippen LogP contribution in [0.4, 0.5) is 10.1 Å². The Balaban J connectivity index is 1.73. The van der Waals surface area contributed by atoms with Gasteiger partial charge in [0.25, 0.3) is 0 Å². The zero-order valence-electron chi connectivity index (χ0n) is 21.8. The van der Waals surface area contributed by atoms with Gasteiger partial charge in [0.2, 0.25) is 5.91 Å². The maximum Gasteiger partial charge on any atom is 0.226 e. The quantitative estimate of drug-likeness (QED) is 0.101. The summed E-state index contributed by atoms with van der Waals surface area (Å²) in [4.78, 5) is 17.6. The SMILES string of the molecule is CC(C)N=c1ccc(-c2cc(N)ccc2-c2ccc(F)cc2)c(CC(=O)NCc2ccc(C(=N)N)cc2)n1O. The van der Waals surface area contributed by atoms with Gasteiger partial charge in [0.15, 0.2) is 5.49 Å². The van der Waals surface area contributed by atoms with Gasteiger partial charge in [0.1, 0.15) is 11.7 Å². The van der Waals surface area contributed by atoms with Gasteiger partial charge in [-0.05, 0) is 72.5 Å². The Bertz CT molecular complexity index is 1580. The van der Waals surface area contributed by atoms with E-state index in [4.69, 9.17) is 16.9 Å². The molecule has 0 fully saturated rings. The normalized spacial score (nSPS) is 11.5. The number of halogens is 1. The van der Waals surface area contributed by atoms with Gasteiger partial charge in [0, 0.05) is 29.4 Å². The molecule has 0 aliphatic rings. The van der Waals surface area contributed by atoms with Gasteiger partial charge in [-0.2, -0.15) is 4.73 Å². The first kappa shape index (κ1) is 27.1. The van der Waals surface area contributed by atoms with Crippen LogP contribution in [0.25, 0.3) is 22.3 Å². The number of nitrogens with zero attached hydrogens (tertiary/aromatic N) is 2. The van der Waals surface area contributed by atoms with Gasteiger partial charge in [-0.3, -0.25) is 15.2 Å². The van der Waals surface area contributed by atoms with Crippen LogP contribution in [0.3, 0.4) is 0 Å². The average Bonchev–Trinajstić information content (AvgIpc) is 2.90. The molecule has 0 atom stereocenters. The van der Waals surface area contributed by atoms with Crippen molar-refractivity contribution in [1.29, 1.82) is 5.41 Å². The van der Waals surface area contributed by atoms with E-state index >= 15 is 0 Å². The zero-order valence-corrected chi connectivity index (χ0v) is 21.8. The summed E-state index contributed by atoms with van der Waals surface area (Å²) < 4.78 is 14.6. The van der Waals surface area contributed by atoms with Crippen LogP contribution in [0, 0.1) is 11.2 Å². The lowest BCUT2D eigenvalue weighted by molar-refractivity contribution is -0.120. The Kier molecular flexibility index (Phi) is 8.10. The summed E-state index contributed by atoms with van der Waals surface area (Å²) in [5.74, 6) is -0.695. The summed E-state index contributed by atoms with van der Waals surface area (Å²) in [7, 11) is 0. The monoisotopic (exact) mass is 526 g/mol. The summed E-state index contributed by atoms with van der Waals surface area (Å²) in [6, 6.07) is 21.9. The smallest absolute Gasteiger partial charge is 0.226 e. The third-order valence-electron chi connectivity index (χ3n) is 6.14. The first-order chi connectivity index (χ1) is 18.6. The van der Waals surface area contributed by atoms with E-state index in [2.05, 4.69) is 10.3 Å². The maximum absolute atomic E-state index is 13.6. The lowest BCUT2D eigenvalue weighted by Gasteiger charge is -2.18. The highest BCUT2D eigenvalue weighted by atomic mass is 19.1. The summed E-state index contributed by atoms with van der Waals surface area (Å²) in [6.45, 7) is 4.04. The molecule has 4 rings (SSSR count). The fourth-order valence-corrected chi connectivity index (χ4v) is 4.24. The number of rotatable bonds is 8. The van der Waals surface area contributed by atoms with Crippen LogP contribution in [0.1, 0.15) is 30.7 Å². The molecule has 7 N–H and O–H groups in total. The molecule has 39 heavy (non-hydrogen) atoms. The molecule has 0 unspecified atom stereocenters. The Labute approximate surface area is 225 Å². The van der Waals surface area contributed by atoms with E-state index in [0.29, 0.717) is 33.6 Å². The molecule has 200 valence electrons. The van der Waals surface area contributed by atoms with Gasteiger partial charge in [-0.25, -0.2) is 4.39 Å². The molecule has 0 aliphatic carbocycles. The molecule has 0 bridgehead atoms. The molecule has 1 aromatic heterocycles. The number of amides is 1. The van der Waals surface area contributed by atoms with Gasteiger partial charge in [-0.15, -0.1) is 0 Å². The Morgan fingerprint density at radius 3 is 2.31 bits per heavy atom. The fraction of sp³-hybridized carbons (Fsp3) is 0.167. The Morgan fingerprint density at radius 1 is 1.00 bits per heavy atom. The number of nitrogens with one attached hydrogen (secondary N) is 2. The minimum atomic E-state index is -0.350. The number of nitrogens with two attached hydrogens (primary N) is 2. The van der Waals surface area contributed by atoms with Crippen LogP contribution in [0.15, 0.2) is 83.9 Å². The van der Waals surface area contributed by atoms with Crippen molar-refractivity contribution in [2.45, 2.75) is 32.9 Å². The van der Waals surface area contributed by atoms with Crippen molar-refractivity contribution in [2.75, 3.05) is 5.73 Å². The lowest BCUT2D eigenvalue weighted by atomic mass is 9.92. The molecular formula is C30H31FN6O2. The highest BCUT2D eigenvalue weighted by Crippen LogP contribution is 2.35. The molecule has 1 amide bonds. The molecule has 4 aromatic rings. The van der Waals surface area contributed by atoms with Crippen molar-refractivity contribution in [3.05, 3.63) is 107 Å².